The van der Waals surface area contributed by atoms with E-state index in [2.05, 4.69) is 0 Å². The lowest BCUT2D eigenvalue weighted by atomic mass is 9.79. The second-order valence-electron chi connectivity index (χ2n) is 4.58. The smallest absolute Gasteiger partial charge is 0.164 e. The molecular formula is C13H16F2O2. The second kappa shape index (κ2) is 5.25. The molecule has 0 heterocycles. The predicted octanol–water partition coefficient (Wildman–Crippen LogP) is 3.04. The van der Waals surface area contributed by atoms with Crippen LogP contribution in [0.15, 0.2) is 18.2 Å². The van der Waals surface area contributed by atoms with Crippen LogP contribution in [0.25, 0.3) is 0 Å². The van der Waals surface area contributed by atoms with E-state index in [1.165, 1.54) is 25.3 Å². The van der Waals surface area contributed by atoms with E-state index in [1.54, 1.807) is 13.8 Å². The van der Waals surface area contributed by atoms with E-state index in [9.17, 15) is 13.6 Å². The summed E-state index contributed by atoms with van der Waals surface area (Å²) in [5, 5.41) is 0. The number of benzene rings is 1. The number of halogens is 2. The fourth-order valence-electron chi connectivity index (χ4n) is 1.84. The SMILES string of the molecule is COc1ccc(F)cc1C(C)(C)CC(=O)CF. The van der Waals surface area contributed by atoms with E-state index in [0.29, 0.717) is 11.3 Å². The van der Waals surface area contributed by atoms with Gasteiger partial charge in [0.2, 0.25) is 0 Å². The van der Waals surface area contributed by atoms with Gasteiger partial charge in [-0.25, -0.2) is 8.78 Å². The van der Waals surface area contributed by atoms with Gasteiger partial charge in [-0.1, -0.05) is 13.8 Å². The molecule has 1 rings (SSSR count). The molecule has 4 heteroatoms. The van der Waals surface area contributed by atoms with Gasteiger partial charge in [-0.2, -0.15) is 0 Å². The van der Waals surface area contributed by atoms with Crippen LogP contribution in [-0.4, -0.2) is 19.6 Å². The number of carbonyl (C=O) groups excluding carboxylic acids is 1. The molecule has 0 amide bonds. The van der Waals surface area contributed by atoms with Gasteiger partial charge in [0.25, 0.3) is 0 Å². The molecule has 0 atom stereocenters. The molecule has 0 aliphatic carbocycles. The van der Waals surface area contributed by atoms with Gasteiger partial charge < -0.3 is 4.74 Å². The minimum absolute atomic E-state index is 0.0172. The molecule has 0 saturated heterocycles. The zero-order valence-electron chi connectivity index (χ0n) is 10.2. The van der Waals surface area contributed by atoms with Crippen LogP contribution in [0.5, 0.6) is 5.75 Å². The first-order valence-corrected chi connectivity index (χ1v) is 5.32. The Morgan fingerprint density at radius 2 is 2.06 bits per heavy atom. The molecule has 0 unspecified atom stereocenters. The average molecular weight is 242 g/mol. The summed E-state index contributed by atoms with van der Waals surface area (Å²) >= 11 is 0. The van der Waals surface area contributed by atoms with Crippen LogP contribution < -0.4 is 4.74 Å². The molecule has 2 nitrogen and oxygen atoms in total. The van der Waals surface area contributed by atoms with Gasteiger partial charge in [-0.3, -0.25) is 4.79 Å². The molecular weight excluding hydrogens is 226 g/mol. The first-order chi connectivity index (χ1) is 7.90. The maximum Gasteiger partial charge on any atom is 0.164 e. The lowest BCUT2D eigenvalue weighted by Gasteiger charge is -2.26. The molecule has 1 aromatic carbocycles. The summed E-state index contributed by atoms with van der Waals surface area (Å²) in [5.41, 5.74) is -0.0850. The Balaban J connectivity index is 3.12. The monoisotopic (exact) mass is 242 g/mol. The first-order valence-electron chi connectivity index (χ1n) is 5.32. The topological polar surface area (TPSA) is 26.3 Å². The Bertz CT molecular complexity index is 414. The number of hydrogen-bond acceptors (Lipinski definition) is 2. The number of hydrogen-bond donors (Lipinski definition) is 0. The summed E-state index contributed by atoms with van der Waals surface area (Å²) in [5.74, 6) is -0.397. The molecule has 17 heavy (non-hydrogen) atoms. The van der Waals surface area contributed by atoms with Crippen LogP contribution in [0.1, 0.15) is 25.8 Å². The van der Waals surface area contributed by atoms with Gasteiger partial charge in [0.15, 0.2) is 5.78 Å². The molecule has 0 aliphatic rings. The molecule has 0 fully saturated rings. The van der Waals surface area contributed by atoms with Crippen LogP contribution in [0.4, 0.5) is 8.78 Å². The third kappa shape index (κ3) is 3.25. The van der Waals surface area contributed by atoms with Crippen molar-refractivity contribution in [3.63, 3.8) is 0 Å². The van der Waals surface area contributed by atoms with Crippen molar-refractivity contribution in [3.8, 4) is 5.75 Å². The fourth-order valence-corrected chi connectivity index (χ4v) is 1.84. The summed E-state index contributed by atoms with van der Waals surface area (Å²) in [6.45, 7) is 2.52. The predicted molar refractivity (Wildman–Crippen MR) is 61.6 cm³/mol. The first kappa shape index (κ1) is 13.6. The van der Waals surface area contributed by atoms with Crippen LogP contribution in [0.2, 0.25) is 0 Å². The summed E-state index contributed by atoms with van der Waals surface area (Å²) in [7, 11) is 1.48. The normalized spacial score (nSPS) is 11.4. The van der Waals surface area contributed by atoms with Crippen molar-refractivity contribution in [1.82, 2.24) is 0 Å². The number of methoxy groups -OCH3 is 1. The Kier molecular flexibility index (Phi) is 4.21. The van der Waals surface area contributed by atoms with E-state index in [4.69, 9.17) is 4.74 Å². The minimum Gasteiger partial charge on any atom is -0.496 e. The van der Waals surface area contributed by atoms with E-state index < -0.39 is 23.7 Å². The average Bonchev–Trinajstić information content (AvgIpc) is 2.28. The van der Waals surface area contributed by atoms with E-state index in [1.807, 2.05) is 0 Å². The molecule has 0 N–H and O–H groups in total. The lowest BCUT2D eigenvalue weighted by molar-refractivity contribution is -0.120. The lowest BCUT2D eigenvalue weighted by Crippen LogP contribution is -2.23. The highest BCUT2D eigenvalue weighted by molar-refractivity contribution is 5.81. The third-order valence-corrected chi connectivity index (χ3v) is 2.68. The number of carbonyl (C=O) groups is 1. The van der Waals surface area contributed by atoms with Crippen molar-refractivity contribution >= 4 is 5.78 Å². The zero-order chi connectivity index (χ0) is 13.1. The van der Waals surface area contributed by atoms with Crippen molar-refractivity contribution in [2.45, 2.75) is 25.7 Å². The van der Waals surface area contributed by atoms with Gasteiger partial charge in [0, 0.05) is 17.4 Å². The Morgan fingerprint density at radius 3 is 2.59 bits per heavy atom. The highest BCUT2D eigenvalue weighted by atomic mass is 19.1. The van der Waals surface area contributed by atoms with E-state index in [0.717, 1.165) is 0 Å². The molecule has 94 valence electrons. The summed E-state index contributed by atoms with van der Waals surface area (Å²) in [4.78, 5) is 11.2. The molecule has 0 aromatic heterocycles. The van der Waals surface area contributed by atoms with Crippen LogP contribution in [0, 0.1) is 5.82 Å². The van der Waals surface area contributed by atoms with Gasteiger partial charge in [0.1, 0.15) is 18.2 Å². The third-order valence-electron chi connectivity index (χ3n) is 2.68. The minimum atomic E-state index is -0.999. The Labute approximate surface area is 99.6 Å². The Hall–Kier alpha value is -1.45. The molecule has 0 radical (unpaired) electrons. The van der Waals surface area contributed by atoms with Gasteiger partial charge >= 0.3 is 0 Å². The van der Waals surface area contributed by atoms with Gasteiger partial charge in [-0.15, -0.1) is 0 Å². The van der Waals surface area contributed by atoms with Crippen molar-refractivity contribution in [3.05, 3.63) is 29.6 Å². The van der Waals surface area contributed by atoms with Crippen LogP contribution in [0.3, 0.4) is 0 Å². The number of Topliss-reactive ketones (excluding diaryl/α,β-unsaturated/α-hetero) is 1. The van der Waals surface area contributed by atoms with E-state index in [-0.39, 0.29) is 6.42 Å². The number of ketones is 1. The zero-order valence-corrected chi connectivity index (χ0v) is 10.2. The maximum atomic E-state index is 13.2. The highest BCUT2D eigenvalue weighted by Crippen LogP contribution is 2.34. The summed E-state index contributed by atoms with van der Waals surface area (Å²) in [6.07, 6.45) is 0.0172. The maximum absolute atomic E-state index is 13.2. The number of rotatable bonds is 5. The molecule has 1 aromatic rings. The summed E-state index contributed by atoms with van der Waals surface area (Å²) in [6, 6.07) is 4.12. The van der Waals surface area contributed by atoms with Crippen LogP contribution >= 0.6 is 0 Å². The molecule has 0 saturated carbocycles. The molecule has 0 aliphatic heterocycles. The molecule has 0 spiro atoms. The van der Waals surface area contributed by atoms with Crippen LogP contribution in [-0.2, 0) is 10.2 Å². The fraction of sp³-hybridized carbons (Fsp3) is 0.462. The molecule has 0 bridgehead atoms. The largest absolute Gasteiger partial charge is 0.496 e. The van der Waals surface area contributed by atoms with Crippen molar-refractivity contribution in [2.24, 2.45) is 0 Å². The van der Waals surface area contributed by atoms with Gasteiger partial charge in [-0.05, 0) is 18.2 Å². The Morgan fingerprint density at radius 1 is 1.41 bits per heavy atom. The van der Waals surface area contributed by atoms with Gasteiger partial charge in [0.05, 0.1) is 7.11 Å². The van der Waals surface area contributed by atoms with E-state index >= 15 is 0 Å². The second-order valence-corrected chi connectivity index (χ2v) is 4.58. The van der Waals surface area contributed by atoms with Crippen molar-refractivity contribution < 1.29 is 18.3 Å². The highest BCUT2D eigenvalue weighted by Gasteiger charge is 2.27. The number of alkyl halides is 1. The van der Waals surface area contributed by atoms with Crippen molar-refractivity contribution in [2.75, 3.05) is 13.8 Å². The summed E-state index contributed by atoms with van der Waals surface area (Å²) < 4.78 is 30.6. The standard InChI is InChI=1S/C13H16F2O2/c1-13(2,7-10(16)8-14)11-6-9(15)4-5-12(11)17-3/h4-6H,7-8H2,1-3H3. The quantitative estimate of drug-likeness (QED) is 0.793. The van der Waals surface area contributed by atoms with Crippen molar-refractivity contribution in [1.29, 1.82) is 0 Å². The number of ether oxygens (including phenoxy) is 1.